The van der Waals surface area contributed by atoms with Gasteiger partial charge in [0.1, 0.15) is 11.8 Å². The number of nitrogens with zero attached hydrogens (tertiary/aromatic N) is 1. The average Bonchev–Trinajstić information content (AvgIpc) is 2.85. The summed E-state index contributed by atoms with van der Waals surface area (Å²) in [5, 5.41) is 9.14. The fourth-order valence-corrected chi connectivity index (χ4v) is 3.27. The van der Waals surface area contributed by atoms with Gasteiger partial charge in [0.05, 0.1) is 12.0 Å². The standard InChI is InChI=1S/C14H16F3NO3S/c1-21-11-5-4-9(7-12(11)22-14(15,16)17)8-18-6-2-3-10(18)13(19)20/h4-5,7,10H,2-3,6,8H2,1H3,(H,19,20)/t10-/m1/s1. The number of carbonyl (C=O) groups is 1. The molecule has 0 unspecified atom stereocenters. The highest BCUT2D eigenvalue weighted by Gasteiger charge is 2.32. The largest absolute Gasteiger partial charge is 0.496 e. The van der Waals surface area contributed by atoms with Crippen LogP contribution in [0.1, 0.15) is 18.4 Å². The Balaban J connectivity index is 2.18. The van der Waals surface area contributed by atoms with Crippen LogP contribution in [0, 0.1) is 0 Å². The van der Waals surface area contributed by atoms with Gasteiger partial charge in [-0.3, -0.25) is 9.69 Å². The van der Waals surface area contributed by atoms with Crippen LogP contribution in [-0.2, 0) is 11.3 Å². The fraction of sp³-hybridized carbons (Fsp3) is 0.500. The van der Waals surface area contributed by atoms with Crippen LogP contribution in [0.15, 0.2) is 23.1 Å². The Morgan fingerprint density at radius 1 is 1.50 bits per heavy atom. The first-order chi connectivity index (χ1) is 10.3. The van der Waals surface area contributed by atoms with Gasteiger partial charge in [-0.05, 0) is 48.8 Å². The number of hydrogen-bond donors (Lipinski definition) is 1. The second-order valence-electron chi connectivity index (χ2n) is 5.00. The van der Waals surface area contributed by atoms with E-state index in [1.54, 1.807) is 11.0 Å². The van der Waals surface area contributed by atoms with Gasteiger partial charge in [0.15, 0.2) is 0 Å². The lowest BCUT2D eigenvalue weighted by Gasteiger charge is -2.21. The van der Waals surface area contributed by atoms with Crippen molar-refractivity contribution in [3.63, 3.8) is 0 Å². The fourth-order valence-electron chi connectivity index (χ4n) is 2.55. The van der Waals surface area contributed by atoms with Gasteiger partial charge in [0.2, 0.25) is 0 Å². The van der Waals surface area contributed by atoms with Crippen molar-refractivity contribution in [3.8, 4) is 5.75 Å². The highest BCUT2D eigenvalue weighted by atomic mass is 32.2. The maximum atomic E-state index is 12.6. The Labute approximate surface area is 130 Å². The number of alkyl halides is 3. The van der Waals surface area contributed by atoms with Gasteiger partial charge in [-0.2, -0.15) is 13.2 Å². The van der Waals surface area contributed by atoms with Crippen LogP contribution >= 0.6 is 11.8 Å². The smallest absolute Gasteiger partial charge is 0.446 e. The normalized spacial score (nSPS) is 19.4. The number of hydrogen-bond acceptors (Lipinski definition) is 4. The third kappa shape index (κ3) is 4.30. The zero-order valence-electron chi connectivity index (χ0n) is 11.9. The van der Waals surface area contributed by atoms with Gasteiger partial charge in [-0.25, -0.2) is 0 Å². The molecule has 0 radical (unpaired) electrons. The molecule has 0 saturated carbocycles. The lowest BCUT2D eigenvalue weighted by molar-refractivity contribution is -0.142. The maximum absolute atomic E-state index is 12.6. The molecular formula is C14H16F3NO3S. The zero-order chi connectivity index (χ0) is 16.3. The summed E-state index contributed by atoms with van der Waals surface area (Å²) in [5.41, 5.74) is -3.76. The Hall–Kier alpha value is -1.41. The number of likely N-dealkylation sites (tertiary alicyclic amines) is 1. The number of benzene rings is 1. The molecule has 1 aliphatic rings. The molecule has 8 heteroatoms. The monoisotopic (exact) mass is 335 g/mol. The van der Waals surface area contributed by atoms with Crippen molar-refractivity contribution in [1.82, 2.24) is 4.90 Å². The van der Waals surface area contributed by atoms with Crippen LogP contribution in [0.2, 0.25) is 0 Å². The van der Waals surface area contributed by atoms with Crippen LogP contribution in [0.3, 0.4) is 0 Å². The van der Waals surface area contributed by atoms with E-state index in [9.17, 15) is 18.0 Å². The Kier molecular flexibility index (Phi) is 5.23. The predicted octanol–water partition coefficient (Wildman–Crippen LogP) is 3.36. The predicted molar refractivity (Wildman–Crippen MR) is 76.0 cm³/mol. The zero-order valence-corrected chi connectivity index (χ0v) is 12.7. The van der Waals surface area contributed by atoms with Gasteiger partial charge in [-0.1, -0.05) is 6.07 Å². The molecule has 0 bridgehead atoms. The van der Waals surface area contributed by atoms with E-state index >= 15 is 0 Å². The number of carboxylic acid groups (broad SMARTS) is 1. The molecule has 0 aromatic heterocycles. The van der Waals surface area contributed by atoms with Crippen LogP contribution in [0.25, 0.3) is 0 Å². The molecule has 0 aliphatic carbocycles. The Morgan fingerprint density at radius 2 is 2.23 bits per heavy atom. The molecule has 1 atom stereocenters. The molecule has 1 aromatic rings. The molecule has 1 fully saturated rings. The van der Waals surface area contributed by atoms with Crippen molar-refractivity contribution in [3.05, 3.63) is 23.8 Å². The second kappa shape index (κ2) is 6.78. The summed E-state index contributed by atoms with van der Waals surface area (Å²) in [6, 6.07) is 3.99. The molecule has 1 N–H and O–H groups in total. The SMILES string of the molecule is COc1ccc(CN2CCC[C@@H]2C(=O)O)cc1SC(F)(F)F. The van der Waals surface area contributed by atoms with E-state index in [1.807, 2.05) is 0 Å². The van der Waals surface area contributed by atoms with Gasteiger partial charge in [0, 0.05) is 6.54 Å². The lowest BCUT2D eigenvalue weighted by atomic mass is 10.1. The van der Waals surface area contributed by atoms with Crippen molar-refractivity contribution in [2.45, 2.75) is 35.8 Å². The molecular weight excluding hydrogens is 319 g/mol. The van der Waals surface area contributed by atoms with Crippen LogP contribution in [0.5, 0.6) is 5.75 Å². The average molecular weight is 335 g/mol. The molecule has 1 heterocycles. The number of methoxy groups -OCH3 is 1. The summed E-state index contributed by atoms with van der Waals surface area (Å²) in [4.78, 5) is 12.9. The highest BCUT2D eigenvalue weighted by Crippen LogP contribution is 2.42. The molecule has 1 saturated heterocycles. The second-order valence-corrected chi connectivity index (χ2v) is 6.11. The van der Waals surface area contributed by atoms with E-state index < -0.39 is 17.5 Å². The third-order valence-electron chi connectivity index (χ3n) is 3.49. The minimum atomic E-state index is -4.40. The van der Waals surface area contributed by atoms with Crippen LogP contribution < -0.4 is 4.74 Å². The summed E-state index contributed by atoms with van der Waals surface area (Å²) in [6.45, 7) is 0.942. The quantitative estimate of drug-likeness (QED) is 0.836. The first-order valence-corrected chi connectivity index (χ1v) is 7.51. The molecule has 1 aliphatic heterocycles. The number of halogens is 3. The molecule has 0 amide bonds. The van der Waals surface area contributed by atoms with Crippen molar-refractivity contribution >= 4 is 17.7 Å². The molecule has 2 rings (SSSR count). The van der Waals surface area contributed by atoms with Crippen LogP contribution in [-0.4, -0.2) is 41.2 Å². The summed E-state index contributed by atoms with van der Waals surface area (Å²) in [7, 11) is 1.32. The van der Waals surface area contributed by atoms with Crippen LogP contribution in [0.4, 0.5) is 13.2 Å². The first-order valence-electron chi connectivity index (χ1n) is 6.69. The van der Waals surface area contributed by atoms with Gasteiger partial charge in [0.25, 0.3) is 0 Å². The summed E-state index contributed by atoms with van der Waals surface area (Å²) < 4.78 is 42.7. The molecule has 22 heavy (non-hydrogen) atoms. The third-order valence-corrected chi connectivity index (χ3v) is 4.26. The Bertz CT molecular complexity index is 551. The van der Waals surface area contributed by atoms with Gasteiger partial charge < -0.3 is 9.84 Å². The number of carboxylic acids is 1. The van der Waals surface area contributed by atoms with Gasteiger partial charge >= 0.3 is 11.5 Å². The van der Waals surface area contributed by atoms with E-state index in [4.69, 9.17) is 9.84 Å². The van der Waals surface area contributed by atoms with Crippen molar-refractivity contribution in [2.24, 2.45) is 0 Å². The minimum Gasteiger partial charge on any atom is -0.496 e. The molecule has 0 spiro atoms. The number of thioether (sulfide) groups is 1. The number of rotatable bonds is 5. The topological polar surface area (TPSA) is 49.8 Å². The molecule has 122 valence electrons. The lowest BCUT2D eigenvalue weighted by Crippen LogP contribution is -2.35. The van der Waals surface area contributed by atoms with Crippen molar-refractivity contribution < 1.29 is 27.8 Å². The van der Waals surface area contributed by atoms with E-state index in [-0.39, 0.29) is 22.4 Å². The number of ether oxygens (including phenoxy) is 1. The van der Waals surface area contributed by atoms with Crippen molar-refractivity contribution in [1.29, 1.82) is 0 Å². The van der Waals surface area contributed by atoms with E-state index in [2.05, 4.69) is 0 Å². The maximum Gasteiger partial charge on any atom is 0.446 e. The summed E-state index contributed by atoms with van der Waals surface area (Å²) in [6.07, 6.45) is 1.34. The summed E-state index contributed by atoms with van der Waals surface area (Å²) >= 11 is -0.229. The summed E-state index contributed by atoms with van der Waals surface area (Å²) in [5.74, 6) is -0.738. The van der Waals surface area contributed by atoms with Gasteiger partial charge in [-0.15, -0.1) is 0 Å². The minimum absolute atomic E-state index is 0.0152. The highest BCUT2D eigenvalue weighted by molar-refractivity contribution is 8.00. The van der Waals surface area contributed by atoms with E-state index in [0.29, 0.717) is 25.1 Å². The Morgan fingerprint density at radius 3 is 2.82 bits per heavy atom. The molecule has 1 aromatic carbocycles. The first kappa shape index (κ1) is 17.0. The van der Waals surface area contributed by atoms with E-state index in [0.717, 1.165) is 6.42 Å². The van der Waals surface area contributed by atoms with E-state index in [1.165, 1.54) is 19.2 Å². The molecule has 4 nitrogen and oxygen atoms in total. The van der Waals surface area contributed by atoms with Crippen molar-refractivity contribution in [2.75, 3.05) is 13.7 Å². The number of aliphatic carboxylic acids is 1.